The van der Waals surface area contributed by atoms with Crippen LogP contribution < -0.4 is 9.64 Å². The number of phenolic OH excluding ortho intramolecular Hbond substituents is 1. The Morgan fingerprint density at radius 2 is 1.84 bits per heavy atom. The van der Waals surface area contributed by atoms with Crippen molar-refractivity contribution in [3.63, 3.8) is 0 Å². The van der Waals surface area contributed by atoms with E-state index in [0.717, 1.165) is 53.6 Å². The lowest BCUT2D eigenvalue weighted by Crippen LogP contribution is -2.39. The lowest BCUT2D eigenvalue weighted by atomic mass is 9.92. The van der Waals surface area contributed by atoms with Crippen molar-refractivity contribution >= 4 is 34.0 Å². The van der Waals surface area contributed by atoms with Crippen LogP contribution in [0.15, 0.2) is 36.5 Å². The molecule has 2 aliphatic heterocycles. The van der Waals surface area contributed by atoms with Crippen molar-refractivity contribution in [2.45, 2.75) is 39.5 Å². The molecule has 0 radical (unpaired) electrons. The highest BCUT2D eigenvalue weighted by Crippen LogP contribution is 2.41. The lowest BCUT2D eigenvalue weighted by Gasteiger charge is -2.36. The van der Waals surface area contributed by atoms with Crippen molar-refractivity contribution < 1.29 is 14.6 Å². The molecule has 0 amide bonds. The van der Waals surface area contributed by atoms with Gasteiger partial charge >= 0.3 is 0 Å². The maximum atomic E-state index is 13.3. The Hall–Kier alpha value is -2.83. The zero-order chi connectivity index (χ0) is 26.1. The number of aromatic nitrogens is 1. The van der Waals surface area contributed by atoms with Crippen LogP contribution in [0.5, 0.6) is 11.5 Å². The zero-order valence-electron chi connectivity index (χ0n) is 22.0. The second kappa shape index (κ2) is 10.9. The van der Waals surface area contributed by atoms with Crippen molar-refractivity contribution in [2.75, 3.05) is 44.7 Å². The molecule has 7 heteroatoms. The number of likely N-dealkylation sites (tertiary alicyclic amines) is 1. The van der Waals surface area contributed by atoms with Gasteiger partial charge in [-0.3, -0.25) is 9.78 Å². The molecule has 2 aromatic carbocycles. The number of fused-ring (bicyclic) bond motifs is 1. The molecule has 2 fully saturated rings. The first kappa shape index (κ1) is 25.8. The molecule has 37 heavy (non-hydrogen) atoms. The monoisotopic (exact) mass is 521 g/mol. The van der Waals surface area contributed by atoms with Crippen molar-refractivity contribution in [3.8, 4) is 22.6 Å². The highest BCUT2D eigenvalue weighted by atomic mass is 35.5. The highest BCUT2D eigenvalue weighted by Gasteiger charge is 2.28. The summed E-state index contributed by atoms with van der Waals surface area (Å²) in [6.07, 6.45) is 6.66. The number of nitrogens with zero attached hydrogens (tertiary/aromatic N) is 3. The van der Waals surface area contributed by atoms with Gasteiger partial charge in [0.2, 0.25) is 0 Å². The number of anilines is 1. The SMILES string of the molecule is COc1cc(-c2ccc3ncc(C(=O)C(C)C)c(N4CCC(CN5CCCC5)CC4)c3c2)cc(Cl)c1O. The molecule has 0 unspecified atom stereocenters. The average molecular weight is 522 g/mol. The van der Waals surface area contributed by atoms with Crippen molar-refractivity contribution in [1.29, 1.82) is 0 Å². The summed E-state index contributed by atoms with van der Waals surface area (Å²) in [5, 5.41) is 11.4. The van der Waals surface area contributed by atoms with E-state index >= 15 is 0 Å². The van der Waals surface area contributed by atoms with Crippen molar-refractivity contribution in [1.82, 2.24) is 9.88 Å². The molecule has 0 saturated carbocycles. The molecular formula is C30H36ClN3O3. The maximum absolute atomic E-state index is 13.3. The summed E-state index contributed by atoms with van der Waals surface area (Å²) in [4.78, 5) is 23.0. The van der Waals surface area contributed by atoms with Gasteiger partial charge in [-0.15, -0.1) is 0 Å². The first-order valence-corrected chi connectivity index (χ1v) is 13.7. The fourth-order valence-electron chi connectivity index (χ4n) is 5.76. The van der Waals surface area contributed by atoms with E-state index in [1.54, 1.807) is 18.3 Å². The number of ketones is 1. The standard InChI is InChI=1S/C30H36ClN3O3/c1-19(2)29(35)24-17-32-26-7-6-21(22-15-25(31)30(36)27(16-22)37-3)14-23(26)28(24)34-12-8-20(9-13-34)18-33-10-4-5-11-33/h6-7,14-17,19-20,36H,4-5,8-13,18H2,1-3H3. The van der Waals surface area contributed by atoms with Gasteiger partial charge in [0.1, 0.15) is 0 Å². The predicted molar refractivity (Wildman–Crippen MR) is 150 cm³/mol. The Kier molecular flexibility index (Phi) is 7.59. The van der Waals surface area contributed by atoms with E-state index in [9.17, 15) is 9.90 Å². The quantitative estimate of drug-likeness (QED) is 0.362. The smallest absolute Gasteiger partial charge is 0.176 e. The first-order valence-electron chi connectivity index (χ1n) is 13.4. The van der Waals surface area contributed by atoms with Gasteiger partial charge in [0.25, 0.3) is 0 Å². The molecule has 2 saturated heterocycles. The minimum absolute atomic E-state index is 0.0716. The Morgan fingerprint density at radius 3 is 2.51 bits per heavy atom. The molecular weight excluding hydrogens is 486 g/mol. The molecule has 5 rings (SSSR count). The van der Waals surface area contributed by atoms with Crippen LogP contribution in [0.2, 0.25) is 5.02 Å². The van der Waals surface area contributed by atoms with E-state index in [1.165, 1.54) is 39.6 Å². The predicted octanol–water partition coefficient (Wildman–Crippen LogP) is 6.42. The first-order chi connectivity index (χ1) is 17.9. The number of carbonyl (C=O) groups excluding carboxylic acids is 1. The summed E-state index contributed by atoms with van der Waals surface area (Å²) in [6.45, 7) is 9.40. The summed E-state index contributed by atoms with van der Waals surface area (Å²) >= 11 is 6.30. The van der Waals surface area contributed by atoms with E-state index in [0.29, 0.717) is 17.2 Å². The van der Waals surface area contributed by atoms with Gasteiger partial charge in [0, 0.05) is 37.1 Å². The number of ether oxygens (including phenoxy) is 1. The molecule has 196 valence electrons. The molecule has 0 atom stereocenters. The Morgan fingerprint density at radius 1 is 1.11 bits per heavy atom. The number of Topliss-reactive ketones (excluding diaryl/α,β-unsaturated/α-hetero) is 1. The summed E-state index contributed by atoms with van der Waals surface area (Å²) < 4.78 is 5.33. The molecule has 3 heterocycles. The van der Waals surface area contributed by atoms with Crippen molar-refractivity contribution in [2.24, 2.45) is 11.8 Å². The summed E-state index contributed by atoms with van der Waals surface area (Å²) in [6, 6.07) is 9.59. The topological polar surface area (TPSA) is 65.9 Å². The fraction of sp³-hybridized carbons (Fsp3) is 0.467. The Labute approximate surface area is 224 Å². The van der Waals surface area contributed by atoms with Gasteiger partial charge in [-0.2, -0.15) is 0 Å². The van der Waals surface area contributed by atoms with Gasteiger partial charge in [0.05, 0.1) is 28.9 Å². The molecule has 1 aromatic heterocycles. The van der Waals surface area contributed by atoms with E-state index in [4.69, 9.17) is 16.3 Å². The zero-order valence-corrected chi connectivity index (χ0v) is 22.7. The van der Waals surface area contributed by atoms with E-state index in [-0.39, 0.29) is 22.5 Å². The Balaban J connectivity index is 1.54. The highest BCUT2D eigenvalue weighted by molar-refractivity contribution is 6.32. The number of carbonyl (C=O) groups is 1. The van der Waals surface area contributed by atoms with Crippen LogP contribution in [-0.4, -0.2) is 60.6 Å². The van der Waals surface area contributed by atoms with Crippen LogP contribution in [0, 0.1) is 11.8 Å². The number of hydrogen-bond donors (Lipinski definition) is 1. The Bertz CT molecular complexity index is 1290. The number of benzene rings is 2. The molecule has 1 N–H and O–H groups in total. The van der Waals surface area contributed by atoms with Gasteiger partial charge in [0.15, 0.2) is 17.3 Å². The summed E-state index contributed by atoms with van der Waals surface area (Å²) in [5.74, 6) is 0.952. The molecule has 0 aliphatic carbocycles. The number of pyridine rings is 1. The molecule has 0 spiro atoms. The third-order valence-electron chi connectivity index (χ3n) is 7.86. The van der Waals surface area contributed by atoms with Crippen LogP contribution in [0.4, 0.5) is 5.69 Å². The third-order valence-corrected chi connectivity index (χ3v) is 8.15. The molecule has 0 bridgehead atoms. The number of hydrogen-bond acceptors (Lipinski definition) is 6. The average Bonchev–Trinajstić information content (AvgIpc) is 3.42. The number of methoxy groups -OCH3 is 1. The van der Waals surface area contributed by atoms with Crippen LogP contribution in [0.1, 0.15) is 49.9 Å². The maximum Gasteiger partial charge on any atom is 0.176 e. The van der Waals surface area contributed by atoms with Gasteiger partial charge in [-0.25, -0.2) is 0 Å². The number of aromatic hydroxyl groups is 1. The lowest BCUT2D eigenvalue weighted by molar-refractivity contribution is 0.0939. The van der Waals surface area contributed by atoms with Crippen LogP contribution in [0.3, 0.4) is 0 Å². The van der Waals surface area contributed by atoms with Crippen molar-refractivity contribution in [3.05, 3.63) is 47.1 Å². The van der Waals surface area contributed by atoms with Gasteiger partial charge in [-0.05, 0) is 80.1 Å². The summed E-state index contributed by atoms with van der Waals surface area (Å²) in [5.41, 5.74) is 4.29. The number of piperidine rings is 1. The largest absolute Gasteiger partial charge is 0.503 e. The minimum Gasteiger partial charge on any atom is -0.503 e. The molecule has 2 aliphatic rings. The molecule has 3 aromatic rings. The number of rotatable bonds is 7. The van der Waals surface area contributed by atoms with E-state index in [2.05, 4.69) is 20.9 Å². The van der Waals surface area contributed by atoms with Crippen LogP contribution in [0.25, 0.3) is 22.0 Å². The second-order valence-electron chi connectivity index (χ2n) is 10.7. The van der Waals surface area contributed by atoms with Crippen LogP contribution >= 0.6 is 11.6 Å². The van der Waals surface area contributed by atoms with E-state index in [1.807, 2.05) is 26.0 Å². The number of phenols is 1. The third kappa shape index (κ3) is 5.27. The summed E-state index contributed by atoms with van der Waals surface area (Å²) in [7, 11) is 1.51. The number of halogens is 1. The minimum atomic E-state index is -0.117. The fourth-order valence-corrected chi connectivity index (χ4v) is 5.97. The van der Waals surface area contributed by atoms with Gasteiger partial charge in [-0.1, -0.05) is 31.5 Å². The van der Waals surface area contributed by atoms with Gasteiger partial charge < -0.3 is 19.6 Å². The van der Waals surface area contributed by atoms with Crippen LogP contribution in [-0.2, 0) is 0 Å². The van der Waals surface area contributed by atoms with E-state index < -0.39 is 0 Å². The second-order valence-corrected chi connectivity index (χ2v) is 11.1. The normalized spacial score (nSPS) is 17.2. The molecule has 6 nitrogen and oxygen atoms in total.